The van der Waals surface area contributed by atoms with E-state index in [1.807, 2.05) is 48.5 Å². The van der Waals surface area contributed by atoms with E-state index in [-0.39, 0.29) is 18.4 Å². The van der Waals surface area contributed by atoms with Crippen LogP contribution in [0.3, 0.4) is 0 Å². The fraction of sp³-hybridized carbons (Fsp3) is 0.387. The van der Waals surface area contributed by atoms with Gasteiger partial charge in [-0.2, -0.15) is 5.10 Å². The molecule has 40 heavy (non-hydrogen) atoms. The zero-order valence-corrected chi connectivity index (χ0v) is 23.6. The average molecular weight is 561 g/mol. The number of ether oxygens (including phenoxy) is 1. The van der Waals surface area contributed by atoms with Crippen molar-refractivity contribution < 1.29 is 19.4 Å². The molecule has 0 unspecified atom stereocenters. The number of carbonyl (C=O) groups is 2. The molecule has 1 aliphatic heterocycles. The molecule has 2 amide bonds. The zero-order valence-electron chi connectivity index (χ0n) is 22.8. The molecule has 1 aliphatic carbocycles. The van der Waals surface area contributed by atoms with E-state index >= 15 is 0 Å². The largest absolute Gasteiger partial charge is 0.497 e. The van der Waals surface area contributed by atoms with E-state index in [1.165, 1.54) is 11.3 Å². The number of aliphatic hydroxyl groups is 1. The van der Waals surface area contributed by atoms with Crippen LogP contribution in [0.15, 0.2) is 53.6 Å². The van der Waals surface area contributed by atoms with E-state index in [0.29, 0.717) is 22.0 Å². The number of nitrogens with zero attached hydrogens (tertiary/aromatic N) is 2. The van der Waals surface area contributed by atoms with Crippen LogP contribution in [0.4, 0.5) is 5.00 Å². The summed E-state index contributed by atoms with van der Waals surface area (Å²) in [6, 6.07) is 15.1. The highest BCUT2D eigenvalue weighted by Crippen LogP contribution is 2.38. The molecule has 0 saturated carbocycles. The lowest BCUT2D eigenvalue weighted by molar-refractivity contribution is 0.0955. The second kappa shape index (κ2) is 13.2. The maximum Gasteiger partial charge on any atom is 0.274 e. The Kier molecular flexibility index (Phi) is 9.26. The van der Waals surface area contributed by atoms with Crippen LogP contribution in [0.2, 0.25) is 0 Å². The van der Waals surface area contributed by atoms with Crippen LogP contribution >= 0.6 is 11.3 Å². The number of carbonyl (C=O) groups excluding carboxylic acids is 2. The normalized spacial score (nSPS) is 16.1. The molecule has 2 heterocycles. The van der Waals surface area contributed by atoms with Gasteiger partial charge < -0.3 is 15.2 Å². The molecule has 1 aromatic heterocycles. The minimum Gasteiger partial charge on any atom is -0.497 e. The van der Waals surface area contributed by atoms with Gasteiger partial charge in [0.15, 0.2) is 0 Å². The molecular weight excluding hydrogens is 524 g/mol. The Balaban J connectivity index is 1.28. The molecule has 0 radical (unpaired) electrons. The van der Waals surface area contributed by atoms with Gasteiger partial charge in [-0.25, -0.2) is 5.43 Å². The Hall–Kier alpha value is -3.53. The summed E-state index contributed by atoms with van der Waals surface area (Å²) in [5, 5.41) is 17.2. The van der Waals surface area contributed by atoms with Gasteiger partial charge in [0, 0.05) is 23.6 Å². The second-order valence-corrected chi connectivity index (χ2v) is 11.5. The molecular formula is C31H36N4O4S. The number of aryl methyl sites for hydroxylation is 1. The van der Waals surface area contributed by atoms with Crippen LogP contribution < -0.4 is 15.5 Å². The maximum absolute atomic E-state index is 13.4. The molecule has 5 rings (SSSR count). The number of rotatable bonds is 9. The smallest absolute Gasteiger partial charge is 0.274 e. The van der Waals surface area contributed by atoms with Gasteiger partial charge >= 0.3 is 0 Å². The first kappa shape index (κ1) is 28.0. The molecule has 210 valence electrons. The summed E-state index contributed by atoms with van der Waals surface area (Å²) >= 11 is 1.49. The van der Waals surface area contributed by atoms with Gasteiger partial charge in [-0.1, -0.05) is 12.1 Å². The molecule has 9 heteroatoms. The predicted molar refractivity (Wildman–Crippen MR) is 158 cm³/mol. The maximum atomic E-state index is 13.4. The van der Waals surface area contributed by atoms with Crippen LogP contribution in [-0.2, 0) is 19.4 Å². The van der Waals surface area contributed by atoms with Gasteiger partial charge in [0.05, 0.1) is 18.9 Å². The van der Waals surface area contributed by atoms with Crippen molar-refractivity contribution in [3.05, 3.63) is 81.2 Å². The van der Waals surface area contributed by atoms with Crippen molar-refractivity contribution in [3.8, 4) is 5.75 Å². The molecule has 2 aliphatic rings. The summed E-state index contributed by atoms with van der Waals surface area (Å²) in [5.74, 6) is 0.596. The topological polar surface area (TPSA) is 103 Å². The van der Waals surface area contributed by atoms with Gasteiger partial charge in [0.1, 0.15) is 10.8 Å². The Morgan fingerprint density at radius 3 is 2.62 bits per heavy atom. The van der Waals surface area contributed by atoms with Gasteiger partial charge in [-0.05, 0) is 111 Å². The number of methoxy groups -OCH3 is 1. The number of fused-ring (bicyclic) bond motifs is 1. The van der Waals surface area contributed by atoms with Crippen LogP contribution in [0.1, 0.15) is 68.0 Å². The van der Waals surface area contributed by atoms with Gasteiger partial charge in [-0.15, -0.1) is 11.3 Å². The van der Waals surface area contributed by atoms with E-state index in [0.717, 1.165) is 85.5 Å². The lowest BCUT2D eigenvalue weighted by Crippen LogP contribution is -2.34. The number of piperidine rings is 1. The monoisotopic (exact) mass is 560 g/mol. The fourth-order valence-electron chi connectivity index (χ4n) is 5.38. The van der Waals surface area contributed by atoms with Gasteiger partial charge in [-0.3, -0.25) is 14.5 Å². The van der Waals surface area contributed by atoms with E-state index in [1.54, 1.807) is 13.3 Å². The Morgan fingerprint density at radius 2 is 1.88 bits per heavy atom. The van der Waals surface area contributed by atoms with Crippen molar-refractivity contribution in [2.24, 2.45) is 11.0 Å². The van der Waals surface area contributed by atoms with Crippen molar-refractivity contribution in [2.75, 3.05) is 32.1 Å². The number of likely N-dealkylation sites (tertiary alicyclic amines) is 1. The van der Waals surface area contributed by atoms with E-state index < -0.39 is 0 Å². The number of hydrogen-bond donors (Lipinski definition) is 3. The van der Waals surface area contributed by atoms with Crippen molar-refractivity contribution in [1.29, 1.82) is 0 Å². The average Bonchev–Trinajstić information content (AvgIpc) is 3.36. The standard InChI is InChI=1S/C31H36N4O4S/c1-39-25-11-9-21(10-12-25)18-32-34-30(38)28-26-7-2-3-8-27(26)40-31(28)33-29(37)24-6-4-5-23(17-24)19-35-15-13-22(20-36)14-16-35/h4-6,9-12,17-18,22,36H,2-3,7-8,13-16,19-20H2,1H3,(H,33,37)(H,34,38). The molecule has 3 aromatic rings. The van der Waals surface area contributed by atoms with Crippen molar-refractivity contribution in [2.45, 2.75) is 45.1 Å². The van der Waals surface area contributed by atoms with Gasteiger partial charge in [0.25, 0.3) is 11.8 Å². The fourth-order valence-corrected chi connectivity index (χ4v) is 6.66. The number of nitrogens with one attached hydrogen (secondary N) is 2. The highest BCUT2D eigenvalue weighted by molar-refractivity contribution is 7.17. The van der Waals surface area contributed by atoms with E-state index in [4.69, 9.17) is 4.74 Å². The summed E-state index contributed by atoms with van der Waals surface area (Å²) in [5.41, 5.74) is 6.67. The van der Waals surface area contributed by atoms with Crippen molar-refractivity contribution in [1.82, 2.24) is 10.3 Å². The number of hydrogen-bond acceptors (Lipinski definition) is 7. The third-order valence-electron chi connectivity index (χ3n) is 7.68. The number of benzene rings is 2. The van der Waals surface area contributed by atoms with Crippen molar-refractivity contribution >= 4 is 34.4 Å². The molecule has 8 nitrogen and oxygen atoms in total. The lowest BCUT2D eigenvalue weighted by atomic mass is 9.95. The minimum absolute atomic E-state index is 0.227. The molecule has 1 fully saturated rings. The van der Waals surface area contributed by atoms with Crippen LogP contribution in [0.5, 0.6) is 5.75 Å². The minimum atomic E-state index is -0.320. The van der Waals surface area contributed by atoms with Crippen LogP contribution in [-0.4, -0.2) is 54.8 Å². The molecule has 1 saturated heterocycles. The van der Waals surface area contributed by atoms with Crippen molar-refractivity contribution in [3.63, 3.8) is 0 Å². The van der Waals surface area contributed by atoms with E-state index in [9.17, 15) is 14.7 Å². The summed E-state index contributed by atoms with van der Waals surface area (Å²) in [4.78, 5) is 30.2. The summed E-state index contributed by atoms with van der Waals surface area (Å²) < 4.78 is 5.18. The third-order valence-corrected chi connectivity index (χ3v) is 8.89. The first-order chi connectivity index (χ1) is 19.5. The van der Waals surface area contributed by atoms with E-state index in [2.05, 4.69) is 20.7 Å². The number of hydrazone groups is 1. The first-order valence-electron chi connectivity index (χ1n) is 13.9. The summed E-state index contributed by atoms with van der Waals surface area (Å²) in [6.07, 6.45) is 7.40. The summed E-state index contributed by atoms with van der Waals surface area (Å²) in [6.45, 7) is 2.92. The van der Waals surface area contributed by atoms with Crippen LogP contribution in [0, 0.1) is 5.92 Å². The molecule has 2 aromatic carbocycles. The zero-order chi connectivity index (χ0) is 27.9. The van der Waals surface area contributed by atoms with Gasteiger partial charge in [0.2, 0.25) is 0 Å². The first-order valence-corrected chi connectivity index (χ1v) is 14.7. The quantitative estimate of drug-likeness (QED) is 0.256. The van der Waals surface area contributed by atoms with Crippen LogP contribution in [0.25, 0.3) is 0 Å². The highest BCUT2D eigenvalue weighted by Gasteiger charge is 2.27. The Morgan fingerprint density at radius 1 is 1.10 bits per heavy atom. The summed E-state index contributed by atoms with van der Waals surface area (Å²) in [7, 11) is 1.61. The number of amides is 2. The Labute approximate surface area is 239 Å². The SMILES string of the molecule is COc1ccc(C=NNC(=O)c2c(NC(=O)c3cccc(CN4CCC(CO)CC4)c3)sc3c2CCCC3)cc1. The molecule has 0 bridgehead atoms. The number of thiophene rings is 1. The lowest BCUT2D eigenvalue weighted by Gasteiger charge is -2.31. The highest BCUT2D eigenvalue weighted by atomic mass is 32.1. The second-order valence-electron chi connectivity index (χ2n) is 10.4. The Bertz CT molecular complexity index is 1360. The molecule has 0 atom stereocenters. The number of aliphatic hydroxyl groups excluding tert-OH is 1. The molecule has 0 spiro atoms. The predicted octanol–water partition coefficient (Wildman–Crippen LogP) is 4.86. The molecule has 3 N–H and O–H groups in total. The number of anilines is 1. The third kappa shape index (κ3) is 6.78.